The number of aromatic nitrogens is 1. The summed E-state index contributed by atoms with van der Waals surface area (Å²) in [6.07, 6.45) is -4.97. The SMILES string of the molecule is COC(=O)c1nc(OC)c(CCl)cc1OC(F)(F)F. The van der Waals surface area contributed by atoms with Crippen molar-refractivity contribution in [2.75, 3.05) is 14.2 Å². The van der Waals surface area contributed by atoms with Gasteiger partial charge >= 0.3 is 12.3 Å². The minimum absolute atomic E-state index is 0.0788. The Morgan fingerprint density at radius 1 is 1.42 bits per heavy atom. The molecular weight excluding hydrogens is 291 g/mol. The molecule has 0 aliphatic carbocycles. The third kappa shape index (κ3) is 3.88. The smallest absolute Gasteiger partial charge is 0.481 e. The first-order valence-corrected chi connectivity index (χ1v) is 5.33. The number of pyridine rings is 1. The van der Waals surface area contributed by atoms with Crippen molar-refractivity contribution in [1.82, 2.24) is 4.98 Å². The molecule has 0 unspecified atom stereocenters. The molecule has 19 heavy (non-hydrogen) atoms. The molecule has 5 nitrogen and oxygen atoms in total. The molecular formula is C10H9ClF3NO4. The maximum atomic E-state index is 12.2. The first kappa shape index (κ1) is 15.4. The average Bonchev–Trinajstić information content (AvgIpc) is 2.35. The zero-order valence-corrected chi connectivity index (χ0v) is 10.6. The van der Waals surface area contributed by atoms with Gasteiger partial charge in [-0.2, -0.15) is 0 Å². The van der Waals surface area contributed by atoms with Crippen LogP contribution in [-0.4, -0.2) is 31.5 Å². The second-order valence-electron chi connectivity index (χ2n) is 3.18. The molecule has 0 bridgehead atoms. The molecule has 1 rings (SSSR count). The molecule has 1 heterocycles. The van der Waals surface area contributed by atoms with Crippen molar-refractivity contribution in [3.05, 3.63) is 17.3 Å². The molecule has 1 aromatic heterocycles. The monoisotopic (exact) mass is 299 g/mol. The molecule has 0 fully saturated rings. The number of halogens is 4. The van der Waals surface area contributed by atoms with E-state index in [0.717, 1.165) is 13.2 Å². The molecule has 0 atom stereocenters. The number of hydrogen-bond acceptors (Lipinski definition) is 5. The van der Waals surface area contributed by atoms with E-state index < -0.39 is 23.8 Å². The number of methoxy groups -OCH3 is 2. The summed E-state index contributed by atoms with van der Waals surface area (Å²) in [7, 11) is 2.24. The summed E-state index contributed by atoms with van der Waals surface area (Å²) >= 11 is 5.55. The standard InChI is InChI=1S/C10H9ClF3NO4/c1-17-8-5(4-11)3-6(19-10(12,13)14)7(15-8)9(16)18-2/h3H,4H2,1-2H3. The molecule has 0 aliphatic heterocycles. The molecule has 1 aromatic rings. The highest BCUT2D eigenvalue weighted by Gasteiger charge is 2.34. The van der Waals surface area contributed by atoms with Crippen LogP contribution in [0.1, 0.15) is 16.1 Å². The van der Waals surface area contributed by atoms with Gasteiger partial charge in [-0.1, -0.05) is 0 Å². The second kappa shape index (κ2) is 5.96. The highest BCUT2D eigenvalue weighted by Crippen LogP contribution is 2.31. The van der Waals surface area contributed by atoms with Crippen LogP contribution in [-0.2, 0) is 10.6 Å². The summed E-state index contributed by atoms with van der Waals surface area (Å²) < 4.78 is 49.6. The molecule has 9 heteroatoms. The van der Waals surface area contributed by atoms with Crippen molar-refractivity contribution in [3.8, 4) is 11.6 Å². The van der Waals surface area contributed by atoms with E-state index in [2.05, 4.69) is 14.5 Å². The van der Waals surface area contributed by atoms with Gasteiger partial charge in [0.25, 0.3) is 0 Å². The summed E-state index contributed by atoms with van der Waals surface area (Å²) in [5.74, 6) is -2.12. The molecule has 0 aromatic carbocycles. The molecule has 0 spiro atoms. The van der Waals surface area contributed by atoms with Gasteiger partial charge in [-0.25, -0.2) is 9.78 Å². The van der Waals surface area contributed by atoms with Crippen LogP contribution < -0.4 is 9.47 Å². The number of carbonyl (C=O) groups excluding carboxylic acids is 1. The van der Waals surface area contributed by atoms with E-state index in [1.807, 2.05) is 0 Å². The van der Waals surface area contributed by atoms with E-state index in [4.69, 9.17) is 16.3 Å². The maximum absolute atomic E-state index is 12.2. The van der Waals surface area contributed by atoms with E-state index in [1.54, 1.807) is 0 Å². The fourth-order valence-electron chi connectivity index (χ4n) is 1.23. The van der Waals surface area contributed by atoms with Crippen molar-refractivity contribution in [2.24, 2.45) is 0 Å². The Morgan fingerprint density at radius 3 is 2.47 bits per heavy atom. The van der Waals surface area contributed by atoms with Gasteiger partial charge in [0.15, 0.2) is 11.4 Å². The van der Waals surface area contributed by atoms with Gasteiger partial charge in [0.2, 0.25) is 5.88 Å². The van der Waals surface area contributed by atoms with Crippen LogP contribution in [0.4, 0.5) is 13.2 Å². The van der Waals surface area contributed by atoms with E-state index in [-0.39, 0.29) is 17.3 Å². The van der Waals surface area contributed by atoms with E-state index in [0.29, 0.717) is 0 Å². The van der Waals surface area contributed by atoms with Crippen molar-refractivity contribution >= 4 is 17.6 Å². The van der Waals surface area contributed by atoms with Gasteiger partial charge in [-0.05, 0) is 6.07 Å². The Morgan fingerprint density at radius 2 is 2.05 bits per heavy atom. The average molecular weight is 300 g/mol. The Balaban J connectivity index is 3.35. The second-order valence-corrected chi connectivity index (χ2v) is 3.44. The molecule has 0 aliphatic rings. The maximum Gasteiger partial charge on any atom is 0.573 e. The zero-order valence-electron chi connectivity index (χ0n) is 9.88. The number of nitrogens with zero attached hydrogens (tertiary/aromatic N) is 1. The third-order valence-electron chi connectivity index (χ3n) is 1.97. The largest absolute Gasteiger partial charge is 0.573 e. The van der Waals surface area contributed by atoms with Gasteiger partial charge in [0.1, 0.15) is 0 Å². The van der Waals surface area contributed by atoms with Crippen LogP contribution in [0.5, 0.6) is 11.6 Å². The van der Waals surface area contributed by atoms with Gasteiger partial charge in [-0.3, -0.25) is 0 Å². The summed E-state index contributed by atoms with van der Waals surface area (Å²) in [5.41, 5.74) is -0.499. The van der Waals surface area contributed by atoms with Crippen molar-refractivity contribution < 1.29 is 32.2 Å². The Bertz CT molecular complexity index is 479. The fraction of sp³-hybridized carbons (Fsp3) is 0.400. The molecule has 0 radical (unpaired) electrons. The van der Waals surface area contributed by atoms with E-state index >= 15 is 0 Å². The number of hydrogen-bond donors (Lipinski definition) is 0. The van der Waals surface area contributed by atoms with E-state index in [9.17, 15) is 18.0 Å². The number of alkyl halides is 4. The van der Waals surface area contributed by atoms with Crippen LogP contribution >= 0.6 is 11.6 Å². The highest BCUT2D eigenvalue weighted by molar-refractivity contribution is 6.17. The van der Waals surface area contributed by atoms with E-state index in [1.165, 1.54) is 7.11 Å². The highest BCUT2D eigenvalue weighted by atomic mass is 35.5. The summed E-state index contributed by atoms with van der Waals surface area (Å²) in [6.45, 7) is 0. The molecule has 0 saturated heterocycles. The van der Waals surface area contributed by atoms with Crippen molar-refractivity contribution in [1.29, 1.82) is 0 Å². The molecule has 0 saturated carbocycles. The first-order chi connectivity index (χ1) is 8.82. The minimum Gasteiger partial charge on any atom is -0.481 e. The normalized spacial score (nSPS) is 11.1. The first-order valence-electron chi connectivity index (χ1n) is 4.80. The topological polar surface area (TPSA) is 57.7 Å². The molecule has 106 valence electrons. The Labute approximate surface area is 111 Å². The number of carbonyl (C=O) groups is 1. The molecule has 0 amide bonds. The van der Waals surface area contributed by atoms with Crippen molar-refractivity contribution in [3.63, 3.8) is 0 Å². The third-order valence-corrected chi connectivity index (χ3v) is 2.26. The number of ether oxygens (including phenoxy) is 3. The number of esters is 1. The Kier molecular flexibility index (Phi) is 4.82. The molecule has 0 N–H and O–H groups in total. The fourth-order valence-corrected chi connectivity index (χ4v) is 1.43. The lowest BCUT2D eigenvalue weighted by molar-refractivity contribution is -0.274. The van der Waals surface area contributed by atoms with Gasteiger partial charge < -0.3 is 14.2 Å². The lowest BCUT2D eigenvalue weighted by Gasteiger charge is -2.14. The van der Waals surface area contributed by atoms with Crippen LogP contribution in [0.25, 0.3) is 0 Å². The van der Waals surface area contributed by atoms with Gasteiger partial charge in [0.05, 0.1) is 20.1 Å². The zero-order chi connectivity index (χ0) is 14.6. The summed E-state index contributed by atoms with van der Waals surface area (Å²) in [4.78, 5) is 15.0. The minimum atomic E-state index is -4.97. The summed E-state index contributed by atoms with van der Waals surface area (Å²) in [5, 5.41) is 0. The predicted molar refractivity (Wildman–Crippen MR) is 58.4 cm³/mol. The van der Waals surface area contributed by atoms with Crippen LogP contribution in [0.3, 0.4) is 0 Å². The van der Waals surface area contributed by atoms with Crippen LogP contribution in [0.15, 0.2) is 6.07 Å². The quantitative estimate of drug-likeness (QED) is 0.631. The summed E-state index contributed by atoms with van der Waals surface area (Å²) in [6, 6.07) is 0.929. The lowest BCUT2D eigenvalue weighted by Crippen LogP contribution is -2.20. The van der Waals surface area contributed by atoms with Gasteiger partial charge in [0, 0.05) is 5.56 Å². The predicted octanol–water partition coefficient (Wildman–Crippen LogP) is 2.51. The van der Waals surface area contributed by atoms with Crippen LogP contribution in [0, 0.1) is 0 Å². The van der Waals surface area contributed by atoms with Crippen LogP contribution in [0.2, 0.25) is 0 Å². The Hall–Kier alpha value is -1.70. The lowest BCUT2D eigenvalue weighted by atomic mass is 10.2. The van der Waals surface area contributed by atoms with Crippen molar-refractivity contribution in [2.45, 2.75) is 12.2 Å². The van der Waals surface area contributed by atoms with Gasteiger partial charge in [-0.15, -0.1) is 24.8 Å². The number of rotatable bonds is 4.